The van der Waals surface area contributed by atoms with E-state index in [1.54, 1.807) is 29.3 Å². The number of hydrogen-bond donors (Lipinski definition) is 1. The molecule has 3 aromatic heterocycles. The maximum atomic E-state index is 13.1. The number of benzene rings is 1. The lowest BCUT2D eigenvalue weighted by atomic mass is 9.95. The number of amides is 1. The molecule has 0 saturated heterocycles. The third kappa shape index (κ3) is 3.35. The molecule has 1 aromatic carbocycles. The van der Waals surface area contributed by atoms with E-state index in [4.69, 9.17) is 11.6 Å². The van der Waals surface area contributed by atoms with Crippen LogP contribution in [0.2, 0.25) is 5.02 Å². The molecule has 0 radical (unpaired) electrons. The van der Waals surface area contributed by atoms with E-state index < -0.39 is 0 Å². The molecule has 3 heterocycles. The Hall–Kier alpha value is -3.52. The minimum Gasteiger partial charge on any atom is -0.319 e. The summed E-state index contributed by atoms with van der Waals surface area (Å²) in [6.45, 7) is 0. The SMILES string of the molecule is O=C(Nc1ccc(-n2cncn2)nc1)c1nn(-c2ccccc2Cl)c2c1CCCC2. The summed E-state index contributed by atoms with van der Waals surface area (Å²) in [7, 11) is 0. The lowest BCUT2D eigenvalue weighted by Gasteiger charge is -2.14. The molecule has 8 nitrogen and oxygen atoms in total. The zero-order valence-electron chi connectivity index (χ0n) is 16.0. The van der Waals surface area contributed by atoms with Gasteiger partial charge in [0.15, 0.2) is 11.5 Å². The summed E-state index contributed by atoms with van der Waals surface area (Å²) in [6.07, 6.45) is 8.39. The van der Waals surface area contributed by atoms with Gasteiger partial charge in [0.1, 0.15) is 12.7 Å². The van der Waals surface area contributed by atoms with Crippen LogP contribution in [0.3, 0.4) is 0 Å². The number of nitrogens with one attached hydrogen (secondary N) is 1. The van der Waals surface area contributed by atoms with Gasteiger partial charge in [-0.2, -0.15) is 10.2 Å². The van der Waals surface area contributed by atoms with E-state index in [2.05, 4.69) is 25.5 Å². The third-order valence-corrected chi connectivity index (χ3v) is 5.45. The quantitative estimate of drug-likeness (QED) is 0.545. The first kappa shape index (κ1) is 18.5. The zero-order valence-corrected chi connectivity index (χ0v) is 16.8. The van der Waals surface area contributed by atoms with Crippen molar-refractivity contribution in [2.24, 2.45) is 0 Å². The summed E-state index contributed by atoms with van der Waals surface area (Å²) in [5.41, 5.74) is 3.85. The van der Waals surface area contributed by atoms with E-state index in [1.165, 1.54) is 6.33 Å². The van der Waals surface area contributed by atoms with E-state index in [0.29, 0.717) is 22.2 Å². The van der Waals surface area contributed by atoms with Gasteiger partial charge in [0.05, 0.1) is 22.6 Å². The zero-order chi connectivity index (χ0) is 20.5. The lowest BCUT2D eigenvalue weighted by Crippen LogP contribution is -2.16. The summed E-state index contributed by atoms with van der Waals surface area (Å²) in [5.74, 6) is 0.361. The Morgan fingerprint density at radius 1 is 1.10 bits per heavy atom. The van der Waals surface area contributed by atoms with Crippen molar-refractivity contribution in [1.82, 2.24) is 29.5 Å². The second-order valence-electron chi connectivity index (χ2n) is 7.04. The van der Waals surface area contributed by atoms with Gasteiger partial charge in [-0.25, -0.2) is 19.3 Å². The number of anilines is 1. The summed E-state index contributed by atoms with van der Waals surface area (Å²) < 4.78 is 3.37. The molecule has 150 valence electrons. The Morgan fingerprint density at radius 2 is 1.97 bits per heavy atom. The number of rotatable bonds is 4. The molecule has 0 saturated carbocycles. The van der Waals surface area contributed by atoms with E-state index >= 15 is 0 Å². The van der Waals surface area contributed by atoms with Gasteiger partial charge in [0.25, 0.3) is 5.91 Å². The van der Waals surface area contributed by atoms with Crippen molar-refractivity contribution >= 4 is 23.2 Å². The first-order valence-corrected chi connectivity index (χ1v) is 10.1. The molecule has 0 fully saturated rings. The highest BCUT2D eigenvalue weighted by Gasteiger charge is 2.26. The summed E-state index contributed by atoms with van der Waals surface area (Å²) in [5, 5.41) is 12.2. The molecule has 0 aliphatic heterocycles. The number of nitrogens with zero attached hydrogens (tertiary/aromatic N) is 6. The normalized spacial score (nSPS) is 13.1. The average Bonchev–Trinajstić information content (AvgIpc) is 3.43. The van der Waals surface area contributed by atoms with Crippen molar-refractivity contribution in [3.8, 4) is 11.5 Å². The van der Waals surface area contributed by atoms with Gasteiger partial charge in [-0.05, 0) is 49.9 Å². The van der Waals surface area contributed by atoms with Crippen molar-refractivity contribution < 1.29 is 4.79 Å². The van der Waals surface area contributed by atoms with Crippen molar-refractivity contribution in [3.05, 3.63) is 77.2 Å². The van der Waals surface area contributed by atoms with Gasteiger partial charge in [-0.15, -0.1) is 0 Å². The Balaban J connectivity index is 1.45. The molecule has 1 N–H and O–H groups in total. The molecule has 0 bridgehead atoms. The fourth-order valence-corrected chi connectivity index (χ4v) is 3.93. The smallest absolute Gasteiger partial charge is 0.276 e. The minimum atomic E-state index is -0.255. The van der Waals surface area contributed by atoms with Crippen LogP contribution in [-0.4, -0.2) is 35.4 Å². The molecule has 9 heteroatoms. The molecule has 5 rings (SSSR count). The number of pyridine rings is 1. The Kier molecular flexibility index (Phi) is 4.76. The Morgan fingerprint density at radius 3 is 2.73 bits per heavy atom. The maximum Gasteiger partial charge on any atom is 0.276 e. The second-order valence-corrected chi connectivity index (χ2v) is 7.45. The molecule has 0 atom stereocenters. The van der Waals surface area contributed by atoms with Crippen LogP contribution >= 0.6 is 11.6 Å². The van der Waals surface area contributed by atoms with Crippen LogP contribution in [0, 0.1) is 0 Å². The number of hydrogen-bond acceptors (Lipinski definition) is 5. The van der Waals surface area contributed by atoms with Crippen molar-refractivity contribution in [3.63, 3.8) is 0 Å². The summed E-state index contributed by atoms with van der Waals surface area (Å²) in [6, 6.07) is 11.1. The molecular weight excluding hydrogens is 402 g/mol. The molecule has 1 aliphatic carbocycles. The van der Waals surface area contributed by atoms with E-state index in [0.717, 1.165) is 42.6 Å². The Labute approximate surface area is 177 Å². The highest BCUT2D eigenvalue weighted by atomic mass is 35.5. The number of carbonyl (C=O) groups is 1. The van der Waals surface area contributed by atoms with Crippen LogP contribution < -0.4 is 5.32 Å². The minimum absolute atomic E-state index is 0.255. The van der Waals surface area contributed by atoms with Crippen LogP contribution in [0.25, 0.3) is 11.5 Å². The van der Waals surface area contributed by atoms with Crippen molar-refractivity contribution in [2.45, 2.75) is 25.7 Å². The molecule has 4 aromatic rings. The topological polar surface area (TPSA) is 90.5 Å². The molecular formula is C21H18ClN7O. The fraction of sp³-hybridized carbons (Fsp3) is 0.190. The van der Waals surface area contributed by atoms with E-state index in [1.807, 2.05) is 28.9 Å². The molecule has 0 spiro atoms. The molecule has 0 unspecified atom stereocenters. The average molecular weight is 420 g/mol. The fourth-order valence-electron chi connectivity index (χ4n) is 3.72. The summed E-state index contributed by atoms with van der Waals surface area (Å²) in [4.78, 5) is 21.3. The predicted octanol–water partition coefficient (Wildman–Crippen LogP) is 3.63. The van der Waals surface area contributed by atoms with Gasteiger partial charge in [0, 0.05) is 11.3 Å². The van der Waals surface area contributed by atoms with Gasteiger partial charge >= 0.3 is 0 Å². The molecule has 1 aliphatic rings. The number of fused-ring (bicyclic) bond motifs is 1. The highest BCUT2D eigenvalue weighted by molar-refractivity contribution is 6.32. The van der Waals surface area contributed by atoms with Crippen LogP contribution in [-0.2, 0) is 12.8 Å². The number of halogens is 1. The third-order valence-electron chi connectivity index (χ3n) is 5.14. The Bertz CT molecular complexity index is 1200. The number of aromatic nitrogens is 6. The van der Waals surface area contributed by atoms with Gasteiger partial charge < -0.3 is 5.32 Å². The first-order chi connectivity index (χ1) is 14.7. The van der Waals surface area contributed by atoms with Gasteiger partial charge in [-0.3, -0.25) is 4.79 Å². The van der Waals surface area contributed by atoms with Gasteiger partial charge in [-0.1, -0.05) is 23.7 Å². The lowest BCUT2D eigenvalue weighted by molar-refractivity contribution is 0.102. The van der Waals surface area contributed by atoms with Crippen LogP contribution in [0.15, 0.2) is 55.2 Å². The van der Waals surface area contributed by atoms with E-state index in [-0.39, 0.29) is 5.91 Å². The monoisotopic (exact) mass is 419 g/mol. The van der Waals surface area contributed by atoms with Crippen LogP contribution in [0.4, 0.5) is 5.69 Å². The summed E-state index contributed by atoms with van der Waals surface area (Å²) >= 11 is 6.40. The van der Waals surface area contributed by atoms with Crippen LogP contribution in [0.1, 0.15) is 34.6 Å². The first-order valence-electron chi connectivity index (χ1n) is 9.69. The number of carbonyl (C=O) groups excluding carboxylic acids is 1. The maximum absolute atomic E-state index is 13.1. The van der Waals surface area contributed by atoms with Crippen LogP contribution in [0.5, 0.6) is 0 Å². The largest absolute Gasteiger partial charge is 0.319 e. The van der Waals surface area contributed by atoms with Crippen molar-refractivity contribution in [2.75, 3.05) is 5.32 Å². The standard InChI is InChI=1S/C21H18ClN7O/c22-16-6-2-4-8-18(16)29-17-7-3-1-5-15(17)20(27-29)21(30)26-14-9-10-19(24-11-14)28-13-23-12-25-28/h2,4,6,8-13H,1,3,5,7H2,(H,26,30). The highest BCUT2D eigenvalue weighted by Crippen LogP contribution is 2.30. The second kappa shape index (κ2) is 7.72. The molecule has 1 amide bonds. The molecule has 30 heavy (non-hydrogen) atoms. The predicted molar refractivity (Wildman–Crippen MR) is 112 cm³/mol. The number of para-hydroxylation sites is 1. The van der Waals surface area contributed by atoms with E-state index in [9.17, 15) is 4.79 Å². The van der Waals surface area contributed by atoms with Crippen molar-refractivity contribution in [1.29, 1.82) is 0 Å². The van der Waals surface area contributed by atoms with Gasteiger partial charge in [0.2, 0.25) is 0 Å².